The van der Waals surface area contributed by atoms with Gasteiger partial charge in [-0.1, -0.05) is 5.16 Å². The topological polar surface area (TPSA) is 117 Å². The number of rotatable bonds is 4. The normalized spacial score (nSPS) is 10.2. The maximum absolute atomic E-state index is 11.7. The number of nitrogens with zero attached hydrogens (tertiary/aromatic N) is 2. The number of aromatic carboxylic acids is 1. The summed E-state index contributed by atoms with van der Waals surface area (Å²) in [6.07, 6.45) is 1.28. The molecule has 3 N–H and O–H groups in total. The number of urea groups is 1. The summed E-state index contributed by atoms with van der Waals surface area (Å²) in [5, 5.41) is 17.7. The quantitative estimate of drug-likeness (QED) is 0.789. The molecule has 0 spiro atoms. The lowest BCUT2D eigenvalue weighted by Gasteiger charge is -2.07. The van der Waals surface area contributed by atoms with Crippen molar-refractivity contribution in [2.24, 2.45) is 0 Å². The number of carboxylic acids is 1. The SMILES string of the molecule is Cc1noc(C)c1CNC(=O)Nc1ccc(C(=O)O)nc1. The average Bonchev–Trinajstić information content (AvgIpc) is 2.76. The molecule has 0 aromatic carbocycles. The summed E-state index contributed by atoms with van der Waals surface area (Å²) in [6.45, 7) is 3.84. The Kier molecular flexibility index (Phi) is 4.17. The van der Waals surface area contributed by atoms with Gasteiger partial charge in [-0.15, -0.1) is 0 Å². The van der Waals surface area contributed by atoms with Crippen LogP contribution >= 0.6 is 0 Å². The van der Waals surface area contributed by atoms with Crippen LogP contribution in [0.5, 0.6) is 0 Å². The van der Waals surface area contributed by atoms with Crippen LogP contribution in [0.15, 0.2) is 22.9 Å². The molecule has 2 aromatic rings. The number of hydrogen-bond donors (Lipinski definition) is 3. The summed E-state index contributed by atoms with van der Waals surface area (Å²) in [5.74, 6) is -0.468. The van der Waals surface area contributed by atoms with Gasteiger partial charge >= 0.3 is 12.0 Å². The molecule has 0 unspecified atom stereocenters. The van der Waals surface area contributed by atoms with Gasteiger partial charge in [0, 0.05) is 12.1 Å². The Bertz CT molecular complexity index is 644. The monoisotopic (exact) mass is 290 g/mol. The zero-order chi connectivity index (χ0) is 15.4. The van der Waals surface area contributed by atoms with E-state index in [1.165, 1.54) is 18.3 Å². The number of carbonyl (C=O) groups excluding carboxylic acids is 1. The molecule has 8 heteroatoms. The molecule has 2 rings (SSSR count). The number of carboxylic acid groups (broad SMARTS) is 1. The Labute approximate surface area is 120 Å². The molecule has 0 fully saturated rings. The summed E-state index contributed by atoms with van der Waals surface area (Å²) in [5.41, 5.74) is 1.86. The smallest absolute Gasteiger partial charge is 0.354 e. The van der Waals surface area contributed by atoms with Gasteiger partial charge in [-0.2, -0.15) is 0 Å². The predicted octanol–water partition coefficient (Wildman–Crippen LogP) is 1.71. The first-order valence-electron chi connectivity index (χ1n) is 6.13. The van der Waals surface area contributed by atoms with Gasteiger partial charge in [0.2, 0.25) is 0 Å². The first-order valence-corrected chi connectivity index (χ1v) is 6.13. The van der Waals surface area contributed by atoms with Crippen LogP contribution in [0.25, 0.3) is 0 Å². The average molecular weight is 290 g/mol. The van der Waals surface area contributed by atoms with Gasteiger partial charge in [0.1, 0.15) is 11.5 Å². The summed E-state index contributed by atoms with van der Waals surface area (Å²) in [4.78, 5) is 26.1. The highest BCUT2D eigenvalue weighted by Gasteiger charge is 2.10. The number of aromatic nitrogens is 2. The molecule has 0 aliphatic heterocycles. The molecule has 110 valence electrons. The van der Waals surface area contributed by atoms with Crippen molar-refractivity contribution in [1.82, 2.24) is 15.5 Å². The van der Waals surface area contributed by atoms with Crippen LogP contribution in [-0.2, 0) is 6.54 Å². The lowest BCUT2D eigenvalue weighted by molar-refractivity contribution is 0.0690. The molecule has 0 atom stereocenters. The Hall–Kier alpha value is -2.90. The predicted molar refractivity (Wildman–Crippen MR) is 73.0 cm³/mol. The molecule has 21 heavy (non-hydrogen) atoms. The highest BCUT2D eigenvalue weighted by Crippen LogP contribution is 2.11. The van der Waals surface area contributed by atoms with Crippen LogP contribution < -0.4 is 10.6 Å². The number of pyridine rings is 1. The molecule has 2 heterocycles. The fourth-order valence-electron chi connectivity index (χ4n) is 1.69. The maximum Gasteiger partial charge on any atom is 0.354 e. The Morgan fingerprint density at radius 2 is 2.10 bits per heavy atom. The zero-order valence-electron chi connectivity index (χ0n) is 11.5. The minimum atomic E-state index is -1.12. The van der Waals surface area contributed by atoms with Crippen molar-refractivity contribution in [3.05, 3.63) is 41.0 Å². The molecular weight excluding hydrogens is 276 g/mol. The van der Waals surface area contributed by atoms with E-state index in [0.29, 0.717) is 11.4 Å². The van der Waals surface area contributed by atoms with Crippen LogP contribution in [-0.4, -0.2) is 27.2 Å². The van der Waals surface area contributed by atoms with Gasteiger partial charge in [-0.25, -0.2) is 14.6 Å². The Balaban J connectivity index is 1.91. The highest BCUT2D eigenvalue weighted by atomic mass is 16.5. The first kappa shape index (κ1) is 14.5. The minimum Gasteiger partial charge on any atom is -0.477 e. The molecule has 0 aliphatic carbocycles. The number of aryl methyl sites for hydroxylation is 2. The largest absolute Gasteiger partial charge is 0.477 e. The molecule has 0 saturated heterocycles. The number of amides is 2. The minimum absolute atomic E-state index is 0.0864. The molecule has 2 aromatic heterocycles. The molecular formula is C13H14N4O4. The molecule has 8 nitrogen and oxygen atoms in total. The summed E-state index contributed by atoms with van der Waals surface area (Å²) >= 11 is 0. The first-order chi connectivity index (χ1) is 9.97. The van der Waals surface area contributed by atoms with Gasteiger partial charge in [0.25, 0.3) is 0 Å². The third-order valence-corrected chi connectivity index (χ3v) is 2.85. The summed E-state index contributed by atoms with van der Waals surface area (Å²) in [7, 11) is 0. The lowest BCUT2D eigenvalue weighted by atomic mass is 10.2. The van der Waals surface area contributed by atoms with Crippen molar-refractivity contribution >= 4 is 17.7 Å². The van der Waals surface area contributed by atoms with Crippen LogP contribution in [0.2, 0.25) is 0 Å². The van der Waals surface area contributed by atoms with Gasteiger partial charge in [0.15, 0.2) is 0 Å². The second-order valence-corrected chi connectivity index (χ2v) is 4.35. The van der Waals surface area contributed by atoms with E-state index in [4.69, 9.17) is 9.63 Å². The number of anilines is 1. The van der Waals surface area contributed by atoms with Crippen molar-refractivity contribution < 1.29 is 19.2 Å². The molecule has 0 bridgehead atoms. The van der Waals surface area contributed by atoms with E-state index in [1.807, 2.05) is 0 Å². The van der Waals surface area contributed by atoms with Crippen molar-refractivity contribution in [3.63, 3.8) is 0 Å². The van der Waals surface area contributed by atoms with Gasteiger partial charge < -0.3 is 20.3 Å². The molecule has 2 amide bonds. The third-order valence-electron chi connectivity index (χ3n) is 2.85. The van der Waals surface area contributed by atoms with E-state index in [1.54, 1.807) is 13.8 Å². The van der Waals surface area contributed by atoms with Crippen LogP contribution in [0.1, 0.15) is 27.5 Å². The van der Waals surface area contributed by atoms with Crippen LogP contribution in [0, 0.1) is 13.8 Å². The maximum atomic E-state index is 11.7. The Morgan fingerprint density at radius 1 is 1.33 bits per heavy atom. The number of nitrogens with one attached hydrogen (secondary N) is 2. The second-order valence-electron chi connectivity index (χ2n) is 4.35. The number of carbonyl (C=O) groups is 2. The zero-order valence-corrected chi connectivity index (χ0v) is 11.5. The molecule has 0 aliphatic rings. The molecule has 0 saturated carbocycles. The Morgan fingerprint density at radius 3 is 2.62 bits per heavy atom. The van der Waals surface area contributed by atoms with E-state index in [9.17, 15) is 9.59 Å². The van der Waals surface area contributed by atoms with Gasteiger partial charge in [0.05, 0.1) is 17.6 Å². The van der Waals surface area contributed by atoms with Crippen LogP contribution in [0.4, 0.5) is 10.5 Å². The van der Waals surface area contributed by atoms with Gasteiger partial charge in [-0.05, 0) is 26.0 Å². The lowest BCUT2D eigenvalue weighted by Crippen LogP contribution is -2.28. The van der Waals surface area contributed by atoms with Crippen molar-refractivity contribution in [2.75, 3.05) is 5.32 Å². The van der Waals surface area contributed by atoms with Crippen LogP contribution in [0.3, 0.4) is 0 Å². The summed E-state index contributed by atoms with van der Waals surface area (Å²) < 4.78 is 4.99. The van der Waals surface area contributed by atoms with E-state index in [2.05, 4.69) is 20.8 Å². The highest BCUT2D eigenvalue weighted by molar-refractivity contribution is 5.90. The van der Waals surface area contributed by atoms with Crippen molar-refractivity contribution in [2.45, 2.75) is 20.4 Å². The van der Waals surface area contributed by atoms with E-state index in [0.717, 1.165) is 11.3 Å². The fourth-order valence-corrected chi connectivity index (χ4v) is 1.69. The van der Waals surface area contributed by atoms with Crippen molar-refractivity contribution in [3.8, 4) is 0 Å². The van der Waals surface area contributed by atoms with E-state index < -0.39 is 12.0 Å². The van der Waals surface area contributed by atoms with E-state index in [-0.39, 0.29) is 12.2 Å². The van der Waals surface area contributed by atoms with E-state index >= 15 is 0 Å². The fraction of sp³-hybridized carbons (Fsp3) is 0.231. The second kappa shape index (κ2) is 6.04. The summed E-state index contributed by atoms with van der Waals surface area (Å²) in [6, 6.07) is 2.35. The molecule has 0 radical (unpaired) electrons. The number of hydrogen-bond acceptors (Lipinski definition) is 5. The van der Waals surface area contributed by atoms with Gasteiger partial charge in [-0.3, -0.25) is 0 Å². The van der Waals surface area contributed by atoms with Crippen molar-refractivity contribution in [1.29, 1.82) is 0 Å². The third kappa shape index (κ3) is 3.56. The standard InChI is InChI=1S/C13H14N4O4/c1-7-10(8(2)21-17-7)6-15-13(20)16-9-3-4-11(12(18)19)14-5-9/h3-5H,6H2,1-2H3,(H,18,19)(H2,15,16,20).